The van der Waals surface area contributed by atoms with Crippen LogP contribution in [0.3, 0.4) is 0 Å². The van der Waals surface area contributed by atoms with Crippen LogP contribution in [0.1, 0.15) is 30.6 Å². The van der Waals surface area contributed by atoms with E-state index >= 15 is 0 Å². The molecular weight excluding hydrogens is 316 g/mol. The largest absolute Gasteiger partial charge is 0.493 e. The van der Waals surface area contributed by atoms with E-state index in [1.807, 2.05) is 17.0 Å². The van der Waals surface area contributed by atoms with Gasteiger partial charge in [0, 0.05) is 31.7 Å². The van der Waals surface area contributed by atoms with E-state index in [2.05, 4.69) is 19.2 Å². The lowest BCUT2D eigenvalue weighted by Gasteiger charge is -2.27. The summed E-state index contributed by atoms with van der Waals surface area (Å²) in [5, 5.41) is 3.25. The van der Waals surface area contributed by atoms with Crippen LogP contribution in [0.2, 0.25) is 0 Å². The van der Waals surface area contributed by atoms with Crippen molar-refractivity contribution >= 4 is 18.3 Å². The number of piperazine rings is 1. The first kappa shape index (κ1) is 19.6. The van der Waals surface area contributed by atoms with E-state index in [1.165, 1.54) is 0 Å². The van der Waals surface area contributed by atoms with Gasteiger partial charge < -0.3 is 19.7 Å². The number of amides is 1. The Hall–Kier alpha value is -1.46. The minimum atomic E-state index is 0. The third-order valence-electron chi connectivity index (χ3n) is 3.77. The Morgan fingerprint density at radius 3 is 2.57 bits per heavy atom. The number of hydrogen-bond acceptors (Lipinski definition) is 4. The van der Waals surface area contributed by atoms with E-state index < -0.39 is 0 Å². The van der Waals surface area contributed by atoms with Gasteiger partial charge in [-0.2, -0.15) is 0 Å². The molecule has 0 aliphatic carbocycles. The van der Waals surface area contributed by atoms with Gasteiger partial charge in [-0.15, -0.1) is 12.4 Å². The van der Waals surface area contributed by atoms with Gasteiger partial charge >= 0.3 is 0 Å². The highest BCUT2D eigenvalue weighted by Crippen LogP contribution is 2.29. The number of ether oxygens (including phenoxy) is 2. The standard InChI is InChI=1S/C17H26N2O3.ClH/c1-13(2)6-11-22-15-5-4-14(12-16(15)21-3)17(20)19-9-7-18-8-10-19;/h4-5,12-13,18H,6-11H2,1-3H3;1H. The zero-order valence-electron chi connectivity index (χ0n) is 14.1. The summed E-state index contributed by atoms with van der Waals surface area (Å²) < 4.78 is 11.1. The predicted octanol–water partition coefficient (Wildman–Crippen LogP) is 2.59. The van der Waals surface area contributed by atoms with Crippen molar-refractivity contribution in [2.24, 2.45) is 5.92 Å². The van der Waals surface area contributed by atoms with Crippen molar-refractivity contribution < 1.29 is 14.3 Å². The summed E-state index contributed by atoms with van der Waals surface area (Å²) in [6.45, 7) is 8.16. The number of carbonyl (C=O) groups is 1. The van der Waals surface area contributed by atoms with E-state index in [0.717, 1.165) is 32.6 Å². The van der Waals surface area contributed by atoms with Crippen LogP contribution >= 0.6 is 12.4 Å². The Balaban J connectivity index is 0.00000264. The molecule has 0 aromatic heterocycles. The molecule has 6 heteroatoms. The number of methoxy groups -OCH3 is 1. The van der Waals surface area contributed by atoms with Gasteiger partial charge in [0.2, 0.25) is 0 Å². The Labute approximate surface area is 144 Å². The van der Waals surface area contributed by atoms with Gasteiger partial charge in [-0.3, -0.25) is 4.79 Å². The number of nitrogens with zero attached hydrogens (tertiary/aromatic N) is 1. The molecule has 1 aromatic carbocycles. The van der Waals surface area contributed by atoms with Crippen LogP contribution in [0.5, 0.6) is 11.5 Å². The normalized spacial score (nSPS) is 14.3. The highest BCUT2D eigenvalue weighted by atomic mass is 35.5. The molecule has 0 spiro atoms. The predicted molar refractivity (Wildman–Crippen MR) is 94.0 cm³/mol. The molecular formula is C17H27ClN2O3. The van der Waals surface area contributed by atoms with Crippen molar-refractivity contribution in [1.29, 1.82) is 0 Å². The number of rotatable bonds is 6. The zero-order valence-corrected chi connectivity index (χ0v) is 14.9. The third-order valence-corrected chi connectivity index (χ3v) is 3.77. The molecule has 1 aliphatic rings. The SMILES string of the molecule is COc1cc(C(=O)N2CCNCC2)ccc1OCCC(C)C.Cl. The first-order chi connectivity index (χ1) is 10.6. The molecule has 1 aromatic rings. The van der Waals surface area contributed by atoms with Crippen molar-refractivity contribution in [1.82, 2.24) is 10.2 Å². The lowest BCUT2D eigenvalue weighted by molar-refractivity contribution is 0.0735. The molecule has 130 valence electrons. The average molecular weight is 343 g/mol. The van der Waals surface area contributed by atoms with Gasteiger partial charge in [0.15, 0.2) is 11.5 Å². The Morgan fingerprint density at radius 1 is 1.26 bits per heavy atom. The molecule has 0 atom stereocenters. The van der Waals surface area contributed by atoms with Crippen LogP contribution in [0.15, 0.2) is 18.2 Å². The van der Waals surface area contributed by atoms with Crippen LogP contribution in [0.25, 0.3) is 0 Å². The van der Waals surface area contributed by atoms with E-state index in [-0.39, 0.29) is 18.3 Å². The molecule has 23 heavy (non-hydrogen) atoms. The summed E-state index contributed by atoms with van der Waals surface area (Å²) in [6, 6.07) is 5.42. The number of nitrogens with one attached hydrogen (secondary N) is 1. The molecule has 0 unspecified atom stereocenters. The van der Waals surface area contributed by atoms with Crippen LogP contribution in [0.4, 0.5) is 0 Å². The lowest BCUT2D eigenvalue weighted by Crippen LogP contribution is -2.46. The van der Waals surface area contributed by atoms with Gasteiger partial charge in [0.05, 0.1) is 13.7 Å². The van der Waals surface area contributed by atoms with Gasteiger partial charge in [0.25, 0.3) is 5.91 Å². The van der Waals surface area contributed by atoms with E-state index in [0.29, 0.717) is 29.6 Å². The van der Waals surface area contributed by atoms with Crippen molar-refractivity contribution in [2.45, 2.75) is 20.3 Å². The summed E-state index contributed by atoms with van der Waals surface area (Å²) in [7, 11) is 1.60. The Bertz CT molecular complexity index is 503. The molecule has 1 saturated heterocycles. The molecule has 1 fully saturated rings. The minimum Gasteiger partial charge on any atom is -0.493 e. The highest BCUT2D eigenvalue weighted by molar-refractivity contribution is 5.95. The van der Waals surface area contributed by atoms with Gasteiger partial charge in [0.1, 0.15) is 0 Å². The topological polar surface area (TPSA) is 50.8 Å². The minimum absolute atomic E-state index is 0. The molecule has 0 radical (unpaired) electrons. The van der Waals surface area contributed by atoms with Crippen molar-refractivity contribution in [3.8, 4) is 11.5 Å². The fourth-order valence-corrected chi connectivity index (χ4v) is 2.37. The highest BCUT2D eigenvalue weighted by Gasteiger charge is 2.19. The molecule has 1 amide bonds. The molecule has 1 aliphatic heterocycles. The summed E-state index contributed by atoms with van der Waals surface area (Å²) >= 11 is 0. The second-order valence-corrected chi connectivity index (χ2v) is 5.94. The molecule has 0 bridgehead atoms. The maximum atomic E-state index is 12.5. The number of benzene rings is 1. The smallest absolute Gasteiger partial charge is 0.254 e. The maximum Gasteiger partial charge on any atom is 0.254 e. The third kappa shape index (κ3) is 5.59. The summed E-state index contributed by atoms with van der Waals surface area (Å²) in [4.78, 5) is 14.3. The second kappa shape index (κ2) is 9.63. The van der Waals surface area contributed by atoms with Crippen molar-refractivity contribution in [3.05, 3.63) is 23.8 Å². The molecule has 5 nitrogen and oxygen atoms in total. The van der Waals surface area contributed by atoms with Crippen LogP contribution in [-0.4, -0.2) is 50.7 Å². The zero-order chi connectivity index (χ0) is 15.9. The Morgan fingerprint density at radius 2 is 1.96 bits per heavy atom. The first-order valence-corrected chi connectivity index (χ1v) is 7.92. The number of hydrogen-bond donors (Lipinski definition) is 1. The maximum absolute atomic E-state index is 12.5. The lowest BCUT2D eigenvalue weighted by atomic mass is 10.1. The summed E-state index contributed by atoms with van der Waals surface area (Å²) in [5.41, 5.74) is 0.648. The number of halogens is 1. The van der Waals surface area contributed by atoms with E-state index in [4.69, 9.17) is 9.47 Å². The summed E-state index contributed by atoms with van der Waals surface area (Å²) in [5.74, 6) is 1.96. The fourth-order valence-electron chi connectivity index (χ4n) is 2.37. The van der Waals surface area contributed by atoms with Crippen LogP contribution in [-0.2, 0) is 0 Å². The van der Waals surface area contributed by atoms with E-state index in [1.54, 1.807) is 13.2 Å². The molecule has 1 N–H and O–H groups in total. The van der Waals surface area contributed by atoms with Crippen molar-refractivity contribution in [3.63, 3.8) is 0 Å². The monoisotopic (exact) mass is 342 g/mol. The average Bonchev–Trinajstić information content (AvgIpc) is 2.55. The molecule has 2 rings (SSSR count). The quantitative estimate of drug-likeness (QED) is 0.863. The summed E-state index contributed by atoms with van der Waals surface area (Å²) in [6.07, 6.45) is 0.991. The molecule has 0 saturated carbocycles. The van der Waals surface area contributed by atoms with E-state index in [9.17, 15) is 4.79 Å². The van der Waals surface area contributed by atoms with Gasteiger partial charge in [-0.1, -0.05) is 13.8 Å². The van der Waals surface area contributed by atoms with Gasteiger partial charge in [-0.05, 0) is 30.5 Å². The number of carbonyl (C=O) groups excluding carboxylic acids is 1. The second-order valence-electron chi connectivity index (χ2n) is 5.94. The fraction of sp³-hybridized carbons (Fsp3) is 0.588. The molecule has 1 heterocycles. The van der Waals surface area contributed by atoms with Crippen LogP contribution in [0, 0.1) is 5.92 Å². The first-order valence-electron chi connectivity index (χ1n) is 7.92. The van der Waals surface area contributed by atoms with Gasteiger partial charge in [-0.25, -0.2) is 0 Å². The van der Waals surface area contributed by atoms with Crippen molar-refractivity contribution in [2.75, 3.05) is 39.9 Å². The Kier molecular flexibility index (Phi) is 8.20. The van der Waals surface area contributed by atoms with Crippen LogP contribution < -0.4 is 14.8 Å².